The van der Waals surface area contributed by atoms with E-state index in [-0.39, 0.29) is 12.8 Å². The maximum absolute atomic E-state index is 11.3. The van der Waals surface area contributed by atoms with Crippen LogP contribution in [0, 0.1) is 0 Å². The highest BCUT2D eigenvalue weighted by atomic mass is 16.5. The molecule has 17 heavy (non-hydrogen) atoms. The fraction of sp³-hybridized carbons (Fsp3) is 0.818. The van der Waals surface area contributed by atoms with Crippen LogP contribution in [0.5, 0.6) is 0 Å². The zero-order chi connectivity index (χ0) is 13.1. The average Bonchev–Trinajstić information content (AvgIpc) is 2.30. The summed E-state index contributed by atoms with van der Waals surface area (Å²) < 4.78 is 4.97. The number of carbonyl (C=O) groups is 2. The van der Waals surface area contributed by atoms with Crippen molar-refractivity contribution in [2.45, 2.75) is 44.6 Å². The van der Waals surface area contributed by atoms with Crippen LogP contribution in [0.4, 0.5) is 0 Å². The van der Waals surface area contributed by atoms with Crippen LogP contribution >= 0.6 is 0 Å². The van der Waals surface area contributed by atoms with Gasteiger partial charge in [-0.2, -0.15) is 0 Å². The van der Waals surface area contributed by atoms with Crippen LogP contribution in [0.1, 0.15) is 38.5 Å². The van der Waals surface area contributed by atoms with Crippen LogP contribution in [-0.2, 0) is 14.3 Å². The molecule has 0 aliphatic heterocycles. The van der Waals surface area contributed by atoms with Gasteiger partial charge in [0.2, 0.25) is 5.91 Å². The van der Waals surface area contributed by atoms with E-state index in [4.69, 9.17) is 21.9 Å². The molecule has 0 heterocycles. The summed E-state index contributed by atoms with van der Waals surface area (Å²) in [6, 6.07) is -0.758. The first kappa shape index (κ1) is 15.9. The van der Waals surface area contributed by atoms with E-state index in [1.165, 1.54) is 0 Å². The molecular weight excluding hydrogens is 222 g/mol. The van der Waals surface area contributed by atoms with Gasteiger partial charge in [-0.05, 0) is 25.8 Å². The number of hydrogen-bond donors (Lipinski definition) is 3. The van der Waals surface area contributed by atoms with E-state index in [1.54, 1.807) is 0 Å². The summed E-state index contributed by atoms with van der Waals surface area (Å²) >= 11 is 0. The van der Waals surface area contributed by atoms with Gasteiger partial charge in [0.25, 0.3) is 0 Å². The van der Waals surface area contributed by atoms with E-state index < -0.39 is 17.9 Å². The highest BCUT2D eigenvalue weighted by Crippen LogP contribution is 2.01. The highest BCUT2D eigenvalue weighted by Gasteiger charge is 2.15. The van der Waals surface area contributed by atoms with Gasteiger partial charge < -0.3 is 21.9 Å². The Bertz CT molecular complexity index is 234. The van der Waals surface area contributed by atoms with E-state index in [1.807, 2.05) is 0 Å². The van der Waals surface area contributed by atoms with E-state index in [0.717, 1.165) is 25.7 Å². The number of ether oxygens (including phenoxy) is 1. The molecule has 0 bridgehead atoms. The SMILES string of the molecule is NCCCCCCOC(=O)[C@@H](N)CCC(N)=O. The van der Waals surface area contributed by atoms with Crippen molar-refractivity contribution in [2.75, 3.05) is 13.2 Å². The lowest BCUT2D eigenvalue weighted by Crippen LogP contribution is -2.33. The summed E-state index contributed by atoms with van der Waals surface area (Å²) in [5, 5.41) is 0. The second kappa shape index (κ2) is 10.0. The summed E-state index contributed by atoms with van der Waals surface area (Å²) in [5.74, 6) is -0.930. The first-order valence-electron chi connectivity index (χ1n) is 5.98. The fourth-order valence-electron chi connectivity index (χ4n) is 1.30. The third kappa shape index (κ3) is 9.77. The Morgan fingerprint density at radius 1 is 1.12 bits per heavy atom. The van der Waals surface area contributed by atoms with Gasteiger partial charge in [-0.25, -0.2) is 0 Å². The van der Waals surface area contributed by atoms with E-state index in [2.05, 4.69) is 0 Å². The van der Waals surface area contributed by atoms with Gasteiger partial charge in [-0.3, -0.25) is 9.59 Å². The van der Waals surface area contributed by atoms with Crippen molar-refractivity contribution in [3.63, 3.8) is 0 Å². The van der Waals surface area contributed by atoms with Crippen molar-refractivity contribution in [3.8, 4) is 0 Å². The lowest BCUT2D eigenvalue weighted by Gasteiger charge is -2.10. The van der Waals surface area contributed by atoms with Crippen LogP contribution in [0.3, 0.4) is 0 Å². The van der Waals surface area contributed by atoms with Crippen molar-refractivity contribution in [2.24, 2.45) is 17.2 Å². The Balaban J connectivity index is 3.47. The van der Waals surface area contributed by atoms with Gasteiger partial charge in [0, 0.05) is 6.42 Å². The average molecular weight is 245 g/mol. The molecule has 0 aliphatic rings. The first-order valence-corrected chi connectivity index (χ1v) is 5.98. The molecule has 0 aromatic heterocycles. The molecule has 0 aromatic rings. The largest absolute Gasteiger partial charge is 0.465 e. The van der Waals surface area contributed by atoms with Gasteiger partial charge in [-0.15, -0.1) is 0 Å². The first-order chi connectivity index (χ1) is 8.07. The molecule has 0 saturated heterocycles. The number of carbonyl (C=O) groups excluding carboxylic acids is 2. The topological polar surface area (TPSA) is 121 Å². The molecule has 1 amide bonds. The molecule has 0 saturated carbocycles. The molecule has 1 atom stereocenters. The molecule has 0 aromatic carbocycles. The third-order valence-corrected chi connectivity index (χ3v) is 2.35. The van der Waals surface area contributed by atoms with E-state index >= 15 is 0 Å². The molecule has 0 fully saturated rings. The standard InChI is InChI=1S/C11H23N3O3/c12-7-3-1-2-4-8-17-11(16)9(13)5-6-10(14)15/h9H,1-8,12-13H2,(H2,14,15)/t9-/m0/s1. The predicted octanol–water partition coefficient (Wildman–Crippen LogP) is -0.358. The molecule has 0 aliphatic carbocycles. The van der Waals surface area contributed by atoms with Gasteiger partial charge in [-0.1, -0.05) is 12.8 Å². The van der Waals surface area contributed by atoms with Gasteiger partial charge in [0.05, 0.1) is 6.61 Å². The van der Waals surface area contributed by atoms with E-state index in [9.17, 15) is 9.59 Å². The molecular formula is C11H23N3O3. The van der Waals surface area contributed by atoms with Gasteiger partial charge in [0.15, 0.2) is 0 Å². The lowest BCUT2D eigenvalue weighted by molar-refractivity contribution is -0.145. The zero-order valence-electron chi connectivity index (χ0n) is 10.2. The Morgan fingerprint density at radius 3 is 2.35 bits per heavy atom. The minimum absolute atomic E-state index is 0.104. The number of esters is 1. The summed E-state index contributed by atoms with van der Waals surface area (Å²) in [4.78, 5) is 21.8. The smallest absolute Gasteiger partial charge is 0.322 e. The Labute approximate surface area is 102 Å². The monoisotopic (exact) mass is 245 g/mol. The second-order valence-corrected chi connectivity index (χ2v) is 3.98. The lowest BCUT2D eigenvalue weighted by atomic mass is 10.1. The second-order valence-electron chi connectivity index (χ2n) is 3.98. The summed E-state index contributed by atoms with van der Waals surface area (Å²) in [7, 11) is 0. The van der Waals surface area contributed by atoms with Crippen molar-refractivity contribution in [1.29, 1.82) is 0 Å². The normalized spacial score (nSPS) is 12.1. The fourth-order valence-corrected chi connectivity index (χ4v) is 1.30. The van der Waals surface area contributed by atoms with Crippen LogP contribution < -0.4 is 17.2 Å². The van der Waals surface area contributed by atoms with Crippen LogP contribution in [0.15, 0.2) is 0 Å². The number of unbranched alkanes of at least 4 members (excludes halogenated alkanes) is 3. The number of hydrogen-bond acceptors (Lipinski definition) is 5. The molecule has 100 valence electrons. The minimum Gasteiger partial charge on any atom is -0.465 e. The number of primary amides is 1. The predicted molar refractivity (Wildman–Crippen MR) is 64.9 cm³/mol. The van der Waals surface area contributed by atoms with Crippen LogP contribution in [0.2, 0.25) is 0 Å². The molecule has 0 unspecified atom stereocenters. The summed E-state index contributed by atoms with van der Waals surface area (Å²) in [6.45, 7) is 1.06. The van der Waals surface area contributed by atoms with Crippen molar-refractivity contribution in [1.82, 2.24) is 0 Å². The zero-order valence-corrected chi connectivity index (χ0v) is 10.2. The Kier molecular flexibility index (Phi) is 9.37. The number of rotatable bonds is 10. The van der Waals surface area contributed by atoms with Crippen LogP contribution in [0.25, 0.3) is 0 Å². The minimum atomic E-state index is -0.758. The van der Waals surface area contributed by atoms with Gasteiger partial charge >= 0.3 is 5.97 Å². The highest BCUT2D eigenvalue weighted by molar-refractivity contribution is 5.78. The molecule has 6 heteroatoms. The molecule has 0 radical (unpaired) electrons. The van der Waals surface area contributed by atoms with E-state index in [0.29, 0.717) is 13.2 Å². The summed E-state index contributed by atoms with van der Waals surface area (Å²) in [5.41, 5.74) is 15.8. The summed E-state index contributed by atoms with van der Waals surface area (Å²) in [6.07, 6.45) is 4.18. The van der Waals surface area contributed by atoms with Crippen LogP contribution in [-0.4, -0.2) is 31.1 Å². The maximum atomic E-state index is 11.3. The number of amides is 1. The van der Waals surface area contributed by atoms with Gasteiger partial charge in [0.1, 0.15) is 6.04 Å². The Morgan fingerprint density at radius 2 is 1.76 bits per heavy atom. The van der Waals surface area contributed by atoms with Crippen molar-refractivity contribution >= 4 is 11.9 Å². The molecule has 0 rings (SSSR count). The number of nitrogens with two attached hydrogens (primary N) is 3. The maximum Gasteiger partial charge on any atom is 0.322 e. The van der Waals surface area contributed by atoms with Crippen molar-refractivity contribution < 1.29 is 14.3 Å². The molecule has 6 nitrogen and oxygen atoms in total. The molecule has 0 spiro atoms. The quantitative estimate of drug-likeness (QED) is 0.358. The van der Waals surface area contributed by atoms with Crippen molar-refractivity contribution in [3.05, 3.63) is 0 Å². The third-order valence-electron chi connectivity index (χ3n) is 2.35. The molecule has 6 N–H and O–H groups in total. The Hall–Kier alpha value is -1.14.